The summed E-state index contributed by atoms with van der Waals surface area (Å²) in [5.74, 6) is -1.16. The number of halogens is 4. The molecule has 0 saturated carbocycles. The first-order valence-electron chi connectivity index (χ1n) is 7.52. The zero-order valence-corrected chi connectivity index (χ0v) is 14.6. The Morgan fingerprint density at radius 2 is 1.69 bits per heavy atom. The SMILES string of the molecule is CC(C)NC(=O)c1cncc(C(=O)Nc2cc(C(F)(F)F)ccc2Cl)c1. The molecule has 0 fully saturated rings. The highest BCUT2D eigenvalue weighted by Gasteiger charge is 2.31. The van der Waals surface area contributed by atoms with Crippen molar-refractivity contribution in [2.45, 2.75) is 26.1 Å². The maximum atomic E-state index is 12.8. The maximum Gasteiger partial charge on any atom is 0.416 e. The van der Waals surface area contributed by atoms with Crippen LogP contribution in [-0.4, -0.2) is 22.8 Å². The molecule has 2 aromatic rings. The van der Waals surface area contributed by atoms with Gasteiger partial charge in [-0.1, -0.05) is 11.6 Å². The molecule has 0 aliphatic carbocycles. The van der Waals surface area contributed by atoms with Crippen LogP contribution in [0.4, 0.5) is 18.9 Å². The lowest BCUT2D eigenvalue weighted by Crippen LogP contribution is -2.30. The average Bonchev–Trinajstić information content (AvgIpc) is 2.55. The fourth-order valence-electron chi connectivity index (χ4n) is 2.03. The molecule has 0 spiro atoms. The summed E-state index contributed by atoms with van der Waals surface area (Å²) in [6.07, 6.45) is -2.09. The number of aromatic nitrogens is 1. The Kier molecular flexibility index (Phi) is 5.86. The molecule has 0 bridgehead atoms. The number of carbonyl (C=O) groups excluding carboxylic acids is 2. The lowest BCUT2D eigenvalue weighted by Gasteiger charge is -2.12. The predicted molar refractivity (Wildman–Crippen MR) is 91.2 cm³/mol. The molecule has 0 saturated heterocycles. The lowest BCUT2D eigenvalue weighted by molar-refractivity contribution is -0.137. The Labute approximate surface area is 152 Å². The summed E-state index contributed by atoms with van der Waals surface area (Å²) < 4.78 is 38.4. The number of hydrogen-bond acceptors (Lipinski definition) is 3. The van der Waals surface area contributed by atoms with Crippen LogP contribution in [0.25, 0.3) is 0 Å². The number of amides is 2. The zero-order chi connectivity index (χ0) is 19.5. The van der Waals surface area contributed by atoms with Gasteiger partial charge in [-0.25, -0.2) is 0 Å². The Bertz CT molecular complexity index is 838. The summed E-state index contributed by atoms with van der Waals surface area (Å²) in [6, 6.07) is 3.79. The highest BCUT2D eigenvalue weighted by molar-refractivity contribution is 6.34. The number of rotatable bonds is 4. The van der Waals surface area contributed by atoms with Gasteiger partial charge < -0.3 is 10.6 Å². The Hall–Kier alpha value is -2.61. The summed E-state index contributed by atoms with van der Waals surface area (Å²) in [5.41, 5.74) is -0.972. The monoisotopic (exact) mass is 385 g/mol. The fraction of sp³-hybridized carbons (Fsp3) is 0.235. The normalized spacial score (nSPS) is 11.3. The maximum absolute atomic E-state index is 12.8. The van der Waals surface area contributed by atoms with E-state index in [2.05, 4.69) is 15.6 Å². The minimum atomic E-state index is -4.57. The molecule has 0 radical (unpaired) electrons. The van der Waals surface area contributed by atoms with Gasteiger partial charge >= 0.3 is 6.18 Å². The van der Waals surface area contributed by atoms with E-state index in [9.17, 15) is 22.8 Å². The van der Waals surface area contributed by atoms with Crippen molar-refractivity contribution in [1.82, 2.24) is 10.3 Å². The topological polar surface area (TPSA) is 71.1 Å². The molecule has 1 heterocycles. The summed E-state index contributed by atoms with van der Waals surface area (Å²) in [4.78, 5) is 28.1. The van der Waals surface area contributed by atoms with Crippen LogP contribution >= 0.6 is 11.6 Å². The zero-order valence-electron chi connectivity index (χ0n) is 13.8. The lowest BCUT2D eigenvalue weighted by atomic mass is 10.1. The molecular formula is C17H15ClF3N3O2. The van der Waals surface area contributed by atoms with Gasteiger partial charge in [-0.05, 0) is 38.1 Å². The number of nitrogens with zero attached hydrogens (tertiary/aromatic N) is 1. The van der Waals surface area contributed by atoms with Crippen molar-refractivity contribution in [3.63, 3.8) is 0 Å². The Morgan fingerprint density at radius 1 is 1.08 bits per heavy atom. The van der Waals surface area contributed by atoms with E-state index in [4.69, 9.17) is 11.6 Å². The molecule has 2 rings (SSSR count). The smallest absolute Gasteiger partial charge is 0.350 e. The highest BCUT2D eigenvalue weighted by Crippen LogP contribution is 2.33. The van der Waals surface area contributed by atoms with E-state index >= 15 is 0 Å². The molecule has 0 aliphatic rings. The van der Waals surface area contributed by atoms with E-state index in [0.29, 0.717) is 0 Å². The second kappa shape index (κ2) is 7.74. The first-order chi connectivity index (χ1) is 12.1. The minimum absolute atomic E-state index is 0.00915. The van der Waals surface area contributed by atoms with Gasteiger partial charge in [0.15, 0.2) is 0 Å². The average molecular weight is 386 g/mol. The summed E-state index contributed by atoms with van der Waals surface area (Å²) in [6.45, 7) is 3.55. The van der Waals surface area contributed by atoms with Gasteiger partial charge in [0.05, 0.1) is 27.4 Å². The van der Waals surface area contributed by atoms with Crippen molar-refractivity contribution in [2.24, 2.45) is 0 Å². The number of carbonyl (C=O) groups is 2. The van der Waals surface area contributed by atoms with Crippen molar-refractivity contribution in [3.8, 4) is 0 Å². The van der Waals surface area contributed by atoms with Crippen LogP contribution in [0.2, 0.25) is 5.02 Å². The molecule has 2 amide bonds. The van der Waals surface area contributed by atoms with Gasteiger partial charge in [0.2, 0.25) is 0 Å². The van der Waals surface area contributed by atoms with Gasteiger partial charge in [-0.2, -0.15) is 13.2 Å². The number of benzene rings is 1. The number of pyridine rings is 1. The Morgan fingerprint density at radius 3 is 2.27 bits per heavy atom. The molecule has 1 aromatic carbocycles. The summed E-state index contributed by atoms with van der Waals surface area (Å²) in [5, 5.41) is 4.91. The third-order valence-corrected chi connectivity index (χ3v) is 3.55. The quantitative estimate of drug-likeness (QED) is 0.830. The van der Waals surface area contributed by atoms with Gasteiger partial charge in [0, 0.05) is 18.4 Å². The van der Waals surface area contributed by atoms with E-state index in [1.54, 1.807) is 13.8 Å². The van der Waals surface area contributed by atoms with Crippen molar-refractivity contribution in [2.75, 3.05) is 5.32 Å². The molecule has 138 valence electrons. The second-order valence-corrected chi connectivity index (χ2v) is 6.14. The van der Waals surface area contributed by atoms with Crippen LogP contribution in [0.5, 0.6) is 0 Å². The van der Waals surface area contributed by atoms with Gasteiger partial charge in [0.25, 0.3) is 11.8 Å². The van der Waals surface area contributed by atoms with E-state index in [0.717, 1.165) is 18.2 Å². The van der Waals surface area contributed by atoms with Crippen molar-refractivity contribution in [1.29, 1.82) is 0 Å². The third kappa shape index (κ3) is 4.95. The summed E-state index contributed by atoms with van der Waals surface area (Å²) >= 11 is 5.86. The van der Waals surface area contributed by atoms with Gasteiger partial charge in [-0.3, -0.25) is 14.6 Å². The molecule has 2 N–H and O–H groups in total. The standard InChI is InChI=1S/C17H15ClF3N3O2/c1-9(2)23-15(25)10-5-11(8-22-7-10)16(26)24-14-6-12(17(19,20)21)3-4-13(14)18/h3-9H,1-2H3,(H,23,25)(H,24,26). The molecule has 0 unspecified atom stereocenters. The fourth-order valence-corrected chi connectivity index (χ4v) is 2.19. The van der Waals surface area contributed by atoms with Crippen LogP contribution in [-0.2, 0) is 6.18 Å². The number of hydrogen-bond donors (Lipinski definition) is 2. The van der Waals surface area contributed by atoms with Crippen LogP contribution in [0.15, 0.2) is 36.7 Å². The highest BCUT2D eigenvalue weighted by atomic mass is 35.5. The van der Waals surface area contributed by atoms with E-state index in [1.807, 2.05) is 0 Å². The number of anilines is 1. The minimum Gasteiger partial charge on any atom is -0.350 e. The van der Waals surface area contributed by atoms with Gasteiger partial charge in [0.1, 0.15) is 0 Å². The largest absolute Gasteiger partial charge is 0.416 e. The Balaban J connectivity index is 2.24. The predicted octanol–water partition coefficient (Wildman–Crippen LogP) is 4.14. The molecule has 0 atom stereocenters. The van der Waals surface area contributed by atoms with Gasteiger partial charge in [-0.15, -0.1) is 0 Å². The number of alkyl halides is 3. The van der Waals surface area contributed by atoms with Crippen LogP contribution in [0.3, 0.4) is 0 Å². The first-order valence-corrected chi connectivity index (χ1v) is 7.89. The van der Waals surface area contributed by atoms with Crippen molar-refractivity contribution < 1.29 is 22.8 Å². The summed E-state index contributed by atoms with van der Waals surface area (Å²) in [7, 11) is 0. The van der Waals surface area contributed by atoms with Crippen molar-refractivity contribution in [3.05, 3.63) is 58.4 Å². The van der Waals surface area contributed by atoms with Crippen LogP contribution < -0.4 is 10.6 Å². The van der Waals surface area contributed by atoms with E-state index < -0.39 is 23.6 Å². The van der Waals surface area contributed by atoms with Crippen LogP contribution in [0, 0.1) is 0 Å². The van der Waals surface area contributed by atoms with Crippen molar-refractivity contribution >= 4 is 29.1 Å². The molecule has 26 heavy (non-hydrogen) atoms. The number of nitrogens with one attached hydrogen (secondary N) is 2. The molecule has 0 aliphatic heterocycles. The van der Waals surface area contributed by atoms with E-state index in [-0.39, 0.29) is 27.9 Å². The molecular weight excluding hydrogens is 371 g/mol. The third-order valence-electron chi connectivity index (χ3n) is 3.22. The molecule has 1 aromatic heterocycles. The second-order valence-electron chi connectivity index (χ2n) is 5.74. The first kappa shape index (κ1) is 19.7. The molecule has 9 heteroatoms. The van der Waals surface area contributed by atoms with Crippen LogP contribution in [0.1, 0.15) is 40.1 Å². The molecule has 5 nitrogen and oxygen atoms in total. The van der Waals surface area contributed by atoms with E-state index in [1.165, 1.54) is 18.5 Å².